The van der Waals surface area contributed by atoms with Gasteiger partial charge in [0.25, 0.3) is 0 Å². The van der Waals surface area contributed by atoms with Crippen molar-refractivity contribution in [3.8, 4) is 22.9 Å². The van der Waals surface area contributed by atoms with Gasteiger partial charge >= 0.3 is 5.97 Å². The monoisotopic (exact) mass is 292 g/mol. The molecule has 0 amide bonds. The maximum atomic E-state index is 11.4. The van der Waals surface area contributed by atoms with Crippen molar-refractivity contribution in [3.63, 3.8) is 0 Å². The molecule has 0 saturated carbocycles. The van der Waals surface area contributed by atoms with Gasteiger partial charge in [-0.3, -0.25) is 4.79 Å². The Morgan fingerprint density at radius 2 is 1.86 bits per heavy atom. The van der Waals surface area contributed by atoms with E-state index in [0.29, 0.717) is 29.5 Å². The molecule has 0 radical (unpaired) electrons. The first-order valence-electron chi connectivity index (χ1n) is 6.38. The number of hydrogen-bond acceptors (Lipinski definition) is 7. The highest BCUT2D eigenvalue weighted by Gasteiger charge is 2.14. The van der Waals surface area contributed by atoms with Crippen LogP contribution in [0.4, 0.5) is 0 Å². The predicted molar refractivity (Wildman–Crippen MR) is 73.2 cm³/mol. The Balaban J connectivity index is 2.22. The van der Waals surface area contributed by atoms with E-state index in [1.807, 2.05) is 0 Å². The molecule has 7 heteroatoms. The van der Waals surface area contributed by atoms with E-state index in [9.17, 15) is 4.79 Å². The van der Waals surface area contributed by atoms with Crippen LogP contribution < -0.4 is 9.47 Å². The van der Waals surface area contributed by atoms with Crippen molar-refractivity contribution in [3.05, 3.63) is 24.1 Å². The van der Waals surface area contributed by atoms with Crippen molar-refractivity contribution in [2.45, 2.75) is 13.3 Å². The van der Waals surface area contributed by atoms with Gasteiger partial charge in [-0.15, -0.1) is 0 Å². The number of carbonyl (C=O) groups is 1. The van der Waals surface area contributed by atoms with Gasteiger partial charge in [-0.05, 0) is 19.1 Å². The largest absolute Gasteiger partial charge is 0.497 e. The summed E-state index contributed by atoms with van der Waals surface area (Å²) in [6, 6.07) is 5.24. The highest BCUT2D eigenvalue weighted by Crippen LogP contribution is 2.28. The minimum Gasteiger partial charge on any atom is -0.497 e. The minimum absolute atomic E-state index is 0.0536. The van der Waals surface area contributed by atoms with Gasteiger partial charge in [-0.2, -0.15) is 4.98 Å². The third-order valence-corrected chi connectivity index (χ3v) is 2.68. The quantitative estimate of drug-likeness (QED) is 0.751. The van der Waals surface area contributed by atoms with E-state index in [1.165, 1.54) is 0 Å². The van der Waals surface area contributed by atoms with Gasteiger partial charge in [0.2, 0.25) is 11.7 Å². The Kier molecular flexibility index (Phi) is 4.76. The Bertz CT molecular complexity index is 601. The van der Waals surface area contributed by atoms with Gasteiger partial charge < -0.3 is 18.7 Å². The lowest BCUT2D eigenvalue weighted by molar-refractivity contribution is -0.142. The van der Waals surface area contributed by atoms with E-state index in [4.69, 9.17) is 18.7 Å². The predicted octanol–water partition coefficient (Wildman–Crippen LogP) is 1.86. The molecule has 0 spiro atoms. The molecule has 112 valence electrons. The fourth-order valence-electron chi connectivity index (χ4n) is 1.72. The molecule has 0 aliphatic rings. The molecule has 0 atom stereocenters. The summed E-state index contributed by atoms with van der Waals surface area (Å²) in [7, 11) is 3.11. The molecule has 2 rings (SSSR count). The second-order valence-corrected chi connectivity index (χ2v) is 4.09. The molecule has 0 N–H and O–H groups in total. The normalized spacial score (nSPS) is 10.2. The van der Waals surface area contributed by atoms with Crippen LogP contribution in [-0.2, 0) is 16.0 Å². The van der Waals surface area contributed by atoms with Crippen LogP contribution >= 0.6 is 0 Å². The summed E-state index contributed by atoms with van der Waals surface area (Å²) in [5.74, 6) is 1.37. The average molecular weight is 292 g/mol. The molecule has 0 saturated heterocycles. The molecule has 0 bridgehead atoms. The fourth-order valence-corrected chi connectivity index (χ4v) is 1.72. The number of esters is 1. The van der Waals surface area contributed by atoms with Crippen LogP contribution in [0.25, 0.3) is 11.4 Å². The molecule has 0 unspecified atom stereocenters. The number of carbonyl (C=O) groups excluding carboxylic acids is 1. The maximum absolute atomic E-state index is 11.4. The van der Waals surface area contributed by atoms with E-state index in [1.54, 1.807) is 39.3 Å². The van der Waals surface area contributed by atoms with E-state index < -0.39 is 5.97 Å². The smallest absolute Gasteiger partial charge is 0.315 e. The Labute approximate surface area is 121 Å². The van der Waals surface area contributed by atoms with Gasteiger partial charge in [0.1, 0.15) is 17.9 Å². The SMILES string of the molecule is CCOC(=O)Cc1nc(-c2cc(OC)cc(OC)c2)no1. The lowest BCUT2D eigenvalue weighted by Gasteiger charge is -2.05. The van der Waals surface area contributed by atoms with Crippen molar-refractivity contribution in [2.24, 2.45) is 0 Å². The molecular formula is C14H16N2O5. The van der Waals surface area contributed by atoms with Crippen molar-refractivity contribution >= 4 is 5.97 Å². The summed E-state index contributed by atoms with van der Waals surface area (Å²) in [6.45, 7) is 2.05. The molecule has 0 aliphatic carbocycles. The first kappa shape index (κ1) is 14.8. The third-order valence-electron chi connectivity index (χ3n) is 2.68. The molecule has 0 fully saturated rings. The number of rotatable bonds is 6. The number of aromatic nitrogens is 2. The second kappa shape index (κ2) is 6.74. The fraction of sp³-hybridized carbons (Fsp3) is 0.357. The molecule has 1 heterocycles. The van der Waals surface area contributed by atoms with Crippen LogP contribution in [0.2, 0.25) is 0 Å². The lowest BCUT2D eigenvalue weighted by Crippen LogP contribution is -2.07. The third kappa shape index (κ3) is 3.71. The summed E-state index contributed by atoms with van der Waals surface area (Å²) in [6.07, 6.45) is -0.0536. The van der Waals surface area contributed by atoms with Crippen molar-refractivity contribution in [2.75, 3.05) is 20.8 Å². The number of nitrogens with zero attached hydrogens (tertiary/aromatic N) is 2. The van der Waals surface area contributed by atoms with Gasteiger partial charge in [-0.1, -0.05) is 5.16 Å². The topological polar surface area (TPSA) is 83.7 Å². The van der Waals surface area contributed by atoms with E-state index in [2.05, 4.69) is 10.1 Å². The van der Waals surface area contributed by atoms with Gasteiger partial charge in [0.05, 0.1) is 20.8 Å². The van der Waals surface area contributed by atoms with Gasteiger partial charge in [0, 0.05) is 11.6 Å². The Hall–Kier alpha value is -2.57. The van der Waals surface area contributed by atoms with Crippen LogP contribution in [0.5, 0.6) is 11.5 Å². The van der Waals surface area contributed by atoms with Crippen LogP contribution in [-0.4, -0.2) is 36.9 Å². The Morgan fingerprint density at radius 3 is 2.43 bits per heavy atom. The minimum atomic E-state index is -0.407. The highest BCUT2D eigenvalue weighted by molar-refractivity contribution is 5.71. The van der Waals surface area contributed by atoms with E-state index in [-0.39, 0.29) is 12.3 Å². The first-order valence-corrected chi connectivity index (χ1v) is 6.38. The lowest BCUT2D eigenvalue weighted by atomic mass is 10.2. The number of hydrogen-bond donors (Lipinski definition) is 0. The summed E-state index contributed by atoms with van der Waals surface area (Å²) < 4.78 is 20.2. The molecule has 1 aromatic heterocycles. The molecular weight excluding hydrogens is 276 g/mol. The standard InChI is InChI=1S/C14H16N2O5/c1-4-20-13(17)8-12-15-14(16-21-12)9-5-10(18-2)7-11(6-9)19-3/h5-7H,4,8H2,1-3H3. The zero-order valence-electron chi connectivity index (χ0n) is 12.1. The van der Waals surface area contributed by atoms with E-state index >= 15 is 0 Å². The summed E-state index contributed by atoms with van der Waals surface area (Å²) in [5, 5.41) is 3.85. The van der Waals surface area contributed by atoms with Crippen LogP contribution in [0.3, 0.4) is 0 Å². The molecule has 0 aliphatic heterocycles. The molecule has 2 aromatic rings. The van der Waals surface area contributed by atoms with Crippen LogP contribution in [0, 0.1) is 0 Å². The van der Waals surface area contributed by atoms with Gasteiger partial charge in [0.15, 0.2) is 0 Å². The van der Waals surface area contributed by atoms with Crippen molar-refractivity contribution < 1.29 is 23.5 Å². The van der Waals surface area contributed by atoms with Crippen molar-refractivity contribution in [1.29, 1.82) is 0 Å². The molecule has 1 aromatic carbocycles. The number of benzene rings is 1. The summed E-state index contributed by atoms with van der Waals surface area (Å²) >= 11 is 0. The maximum Gasteiger partial charge on any atom is 0.315 e. The average Bonchev–Trinajstić information content (AvgIpc) is 2.95. The summed E-state index contributed by atoms with van der Waals surface area (Å²) in [4.78, 5) is 15.5. The Morgan fingerprint density at radius 1 is 1.19 bits per heavy atom. The number of methoxy groups -OCH3 is 2. The van der Waals surface area contributed by atoms with Gasteiger partial charge in [-0.25, -0.2) is 0 Å². The van der Waals surface area contributed by atoms with Crippen LogP contribution in [0.1, 0.15) is 12.8 Å². The summed E-state index contributed by atoms with van der Waals surface area (Å²) in [5.41, 5.74) is 0.671. The molecule has 7 nitrogen and oxygen atoms in total. The van der Waals surface area contributed by atoms with Crippen molar-refractivity contribution in [1.82, 2.24) is 10.1 Å². The second-order valence-electron chi connectivity index (χ2n) is 4.09. The first-order chi connectivity index (χ1) is 10.2. The van der Waals surface area contributed by atoms with E-state index in [0.717, 1.165) is 0 Å². The number of ether oxygens (including phenoxy) is 3. The highest BCUT2D eigenvalue weighted by atomic mass is 16.5. The molecule has 21 heavy (non-hydrogen) atoms. The van der Waals surface area contributed by atoms with Crippen LogP contribution in [0.15, 0.2) is 22.7 Å². The zero-order valence-corrected chi connectivity index (χ0v) is 12.1. The zero-order chi connectivity index (χ0) is 15.2.